The van der Waals surface area contributed by atoms with Gasteiger partial charge in [0.25, 0.3) is 5.91 Å². The van der Waals surface area contributed by atoms with Gasteiger partial charge >= 0.3 is 5.97 Å². The quantitative estimate of drug-likeness (QED) is 0.160. The number of nitrogens with one attached hydrogen (secondary N) is 1. The summed E-state index contributed by atoms with van der Waals surface area (Å²) in [6.45, 7) is 4.19. The Balaban J connectivity index is 0.00000484. The van der Waals surface area contributed by atoms with Gasteiger partial charge in [0.2, 0.25) is 0 Å². The fraction of sp³-hybridized carbons (Fsp3) is 0.303. The Morgan fingerprint density at radius 2 is 1.57 bits per heavy atom. The second-order valence-corrected chi connectivity index (χ2v) is 10.7. The first-order valence-electron chi connectivity index (χ1n) is 14.0. The first kappa shape index (κ1) is 32.8. The summed E-state index contributed by atoms with van der Waals surface area (Å²) in [5.41, 5.74) is 6.25. The number of nitrogens with two attached hydrogens (primary N) is 1. The van der Waals surface area contributed by atoms with Crippen LogP contribution in [0.2, 0.25) is 0 Å². The molecule has 0 saturated heterocycles. The van der Waals surface area contributed by atoms with Gasteiger partial charge in [0.15, 0.2) is 6.61 Å². The van der Waals surface area contributed by atoms with Crippen LogP contribution >= 0.6 is 11.3 Å². The lowest BCUT2D eigenvalue weighted by Gasteiger charge is -2.07. The van der Waals surface area contributed by atoms with Crippen LogP contribution in [-0.2, 0) is 35.6 Å². The highest BCUT2D eigenvalue weighted by atomic mass is 35.5. The molecule has 1 heterocycles. The second-order valence-electron chi connectivity index (χ2n) is 9.88. The van der Waals surface area contributed by atoms with E-state index in [1.165, 1.54) is 31.9 Å². The van der Waals surface area contributed by atoms with Crippen LogP contribution in [0.4, 0.5) is 0 Å². The first-order valence-corrected chi connectivity index (χ1v) is 14.9. The van der Waals surface area contributed by atoms with Gasteiger partial charge in [-0.3, -0.25) is 4.79 Å². The van der Waals surface area contributed by atoms with E-state index in [4.69, 9.17) is 9.72 Å². The average Bonchev–Trinajstić information content (AvgIpc) is 3.49. The highest BCUT2D eigenvalue weighted by Crippen LogP contribution is 2.24. The molecule has 3 aromatic carbocycles. The summed E-state index contributed by atoms with van der Waals surface area (Å²) in [5, 5.41) is 8.22. The lowest BCUT2D eigenvalue weighted by atomic mass is 10.1. The van der Waals surface area contributed by atoms with Gasteiger partial charge in [-0.15, -0.1) is 11.3 Å². The van der Waals surface area contributed by atoms with E-state index in [2.05, 4.69) is 51.9 Å². The number of unbranched alkanes of at least 4 members (excludes halogenated alkanes) is 2. The van der Waals surface area contributed by atoms with Crippen LogP contribution in [0.15, 0.2) is 78.2 Å². The third kappa shape index (κ3) is 10.3. The number of aromatic nitrogens is 1. The number of amides is 1. The number of hydrogen-bond donors (Lipinski definition) is 2. The number of nitrogens with zero attached hydrogens (tertiary/aromatic N) is 1. The summed E-state index contributed by atoms with van der Waals surface area (Å²) >= 11 is 1.60. The molecule has 0 fully saturated rings. The third-order valence-electron chi connectivity index (χ3n) is 6.73. The lowest BCUT2D eigenvalue weighted by molar-refractivity contribution is -0.686. The van der Waals surface area contributed by atoms with Crippen LogP contribution in [0.25, 0.3) is 10.6 Å². The van der Waals surface area contributed by atoms with Crippen LogP contribution < -0.4 is 27.8 Å². The molecule has 0 unspecified atom stereocenters. The fourth-order valence-electron chi connectivity index (χ4n) is 4.29. The maximum Gasteiger partial charge on any atom is 0.343 e. The van der Waals surface area contributed by atoms with Crippen molar-refractivity contribution in [2.75, 3.05) is 13.7 Å². The molecule has 0 spiro atoms. The van der Waals surface area contributed by atoms with Gasteiger partial charge in [0, 0.05) is 28.6 Å². The van der Waals surface area contributed by atoms with Crippen LogP contribution in [0.3, 0.4) is 0 Å². The van der Waals surface area contributed by atoms with E-state index in [0.717, 1.165) is 46.9 Å². The minimum atomic E-state index is -0.406. The number of ether oxygens (including phenoxy) is 2. The molecule has 0 saturated carbocycles. The molecule has 4 aromatic rings. The molecule has 4 rings (SSSR count). The van der Waals surface area contributed by atoms with Crippen molar-refractivity contribution in [2.45, 2.75) is 52.2 Å². The van der Waals surface area contributed by atoms with Gasteiger partial charge < -0.3 is 32.5 Å². The number of benzene rings is 3. The van der Waals surface area contributed by atoms with E-state index in [0.29, 0.717) is 17.9 Å². The molecular formula is C33H38ClN3O4S. The Kier molecular flexibility index (Phi) is 13.5. The second kappa shape index (κ2) is 17.3. The first-order chi connectivity index (χ1) is 20.0. The number of hydrogen-bond acceptors (Lipinski definition) is 6. The monoisotopic (exact) mass is 607 g/mol. The highest BCUT2D eigenvalue weighted by molar-refractivity contribution is 7.13. The smallest absolute Gasteiger partial charge is 0.343 e. The minimum absolute atomic E-state index is 0. The summed E-state index contributed by atoms with van der Waals surface area (Å²) in [6.07, 6.45) is 4.82. The number of aryl methyl sites for hydroxylation is 1. The largest absolute Gasteiger partial charge is 1.00 e. The number of thiazole rings is 1. The molecule has 0 aliphatic carbocycles. The number of esters is 1. The number of carbonyl (C=O) groups excluding carboxylic acids is 2. The summed E-state index contributed by atoms with van der Waals surface area (Å²) in [4.78, 5) is 28.7. The molecule has 0 atom stereocenters. The zero-order chi connectivity index (χ0) is 28.9. The van der Waals surface area contributed by atoms with Gasteiger partial charge in [-0.05, 0) is 60.4 Å². The third-order valence-corrected chi connectivity index (χ3v) is 7.67. The van der Waals surface area contributed by atoms with E-state index in [1.807, 2.05) is 48.5 Å². The van der Waals surface area contributed by atoms with Crippen molar-refractivity contribution in [1.29, 1.82) is 0 Å². The van der Waals surface area contributed by atoms with Crippen LogP contribution in [0, 0.1) is 0 Å². The standard InChI is InChI=1S/C33H37N3O4S.ClH/c1-3-4-5-6-24-7-9-26(10-8-24)20-35-32(38)27-13-15-28(16-14-27)33-36-29(23-41-33)21-34-19-25-11-17-30(18-12-25)40-22-31(37)39-2;/h7-18,23,34H,3-6,19-22H2,1-2H3,(H,35,38);1H. The Bertz CT molecular complexity index is 1390. The number of methoxy groups -OCH3 is 1. The van der Waals surface area contributed by atoms with Crippen LogP contribution in [0.1, 0.15) is 58.9 Å². The molecule has 9 heteroatoms. The average molecular weight is 608 g/mol. The molecule has 0 aliphatic heterocycles. The van der Waals surface area contributed by atoms with Crippen molar-refractivity contribution in [1.82, 2.24) is 10.3 Å². The molecule has 7 nitrogen and oxygen atoms in total. The summed E-state index contributed by atoms with van der Waals surface area (Å²) in [7, 11) is 1.34. The van der Waals surface area contributed by atoms with E-state index in [1.54, 1.807) is 11.3 Å². The van der Waals surface area contributed by atoms with Gasteiger partial charge in [0.05, 0.1) is 7.11 Å². The zero-order valence-electron chi connectivity index (χ0n) is 24.1. The Hall–Kier alpha value is -3.72. The lowest BCUT2D eigenvalue weighted by Crippen LogP contribution is -3.00. The number of halogens is 1. The van der Waals surface area contributed by atoms with Gasteiger partial charge in [-0.2, -0.15) is 0 Å². The molecule has 3 N–H and O–H groups in total. The molecule has 0 radical (unpaired) electrons. The Labute approximate surface area is 258 Å². The van der Waals surface area contributed by atoms with Crippen LogP contribution in [-0.4, -0.2) is 30.6 Å². The summed E-state index contributed by atoms with van der Waals surface area (Å²) in [5.74, 6) is 0.146. The number of carbonyl (C=O) groups is 2. The van der Waals surface area contributed by atoms with Crippen molar-refractivity contribution >= 4 is 23.2 Å². The zero-order valence-corrected chi connectivity index (χ0v) is 25.7. The normalized spacial score (nSPS) is 10.5. The van der Waals surface area contributed by atoms with Gasteiger partial charge in [-0.1, -0.05) is 56.2 Å². The molecular weight excluding hydrogens is 570 g/mol. The van der Waals surface area contributed by atoms with E-state index in [-0.39, 0.29) is 24.9 Å². The summed E-state index contributed by atoms with van der Waals surface area (Å²) < 4.78 is 9.96. The topological polar surface area (TPSA) is 94.1 Å². The molecule has 0 bridgehead atoms. The van der Waals surface area contributed by atoms with Crippen LogP contribution in [0.5, 0.6) is 5.75 Å². The maximum atomic E-state index is 12.7. The van der Waals surface area contributed by atoms with E-state index < -0.39 is 5.97 Å². The van der Waals surface area contributed by atoms with E-state index in [9.17, 15) is 9.59 Å². The predicted molar refractivity (Wildman–Crippen MR) is 162 cm³/mol. The Morgan fingerprint density at radius 3 is 2.26 bits per heavy atom. The van der Waals surface area contributed by atoms with Gasteiger partial charge in [0.1, 0.15) is 29.5 Å². The Morgan fingerprint density at radius 1 is 0.881 bits per heavy atom. The predicted octanol–water partition coefficient (Wildman–Crippen LogP) is 2.29. The number of quaternary nitrogens is 1. The van der Waals surface area contributed by atoms with Gasteiger partial charge in [-0.25, -0.2) is 9.78 Å². The van der Waals surface area contributed by atoms with E-state index >= 15 is 0 Å². The van der Waals surface area contributed by atoms with Crippen molar-refractivity contribution in [3.8, 4) is 16.3 Å². The SMILES string of the molecule is CCCCCc1ccc(CNC(=O)c2ccc(-c3nc(C[NH2+]Cc4ccc(OCC(=O)OC)cc4)cs3)cc2)cc1.[Cl-]. The maximum absolute atomic E-state index is 12.7. The minimum Gasteiger partial charge on any atom is -1.00 e. The molecule has 1 amide bonds. The van der Waals surface area contributed by atoms with Crippen molar-refractivity contribution in [3.63, 3.8) is 0 Å². The number of rotatable bonds is 15. The summed E-state index contributed by atoms with van der Waals surface area (Å²) in [6, 6.07) is 23.8. The fourth-order valence-corrected chi connectivity index (χ4v) is 5.13. The molecule has 1 aromatic heterocycles. The highest BCUT2D eigenvalue weighted by Gasteiger charge is 2.10. The molecule has 222 valence electrons. The molecule has 42 heavy (non-hydrogen) atoms. The van der Waals surface area contributed by atoms with Crippen molar-refractivity contribution in [3.05, 3.63) is 106 Å². The molecule has 0 aliphatic rings. The van der Waals surface area contributed by atoms with Crippen molar-refractivity contribution in [2.24, 2.45) is 0 Å². The van der Waals surface area contributed by atoms with Crippen molar-refractivity contribution < 1.29 is 36.8 Å².